The number of hydrazine groups is 1. The number of nitrogens with two attached hydrogens (primary N) is 1. The van der Waals surface area contributed by atoms with Crippen molar-refractivity contribution in [3.63, 3.8) is 0 Å². The van der Waals surface area contributed by atoms with Gasteiger partial charge in [-0.2, -0.15) is 0 Å². The molecule has 2 aromatic rings. The molecule has 5 N–H and O–H groups in total. The molecule has 0 saturated heterocycles. The molecular weight excluding hydrogens is 316 g/mol. The number of carbonyl (C=O) groups is 1. The van der Waals surface area contributed by atoms with Crippen LogP contribution in [-0.4, -0.2) is 21.9 Å². The first-order chi connectivity index (χ1) is 11.0. The number of hydrogen-bond acceptors (Lipinski definition) is 6. The van der Waals surface area contributed by atoms with Crippen molar-refractivity contribution in [1.29, 1.82) is 0 Å². The van der Waals surface area contributed by atoms with Crippen molar-refractivity contribution >= 4 is 34.8 Å². The second-order valence-electron chi connectivity index (χ2n) is 5.03. The smallest absolute Gasteiger partial charge is 0.269 e. The standard InChI is InChI=1S/C15H19ClN6O/c1-3-9(2)20-13-12(17)14(19-8-18-13)21-22-15(23)10-5-4-6-11(16)7-10/h4-9H,3,17H2,1-2H3,(H,22,23)(H2,18,19,20,21). The Hall–Kier alpha value is -2.54. The fourth-order valence-electron chi connectivity index (χ4n) is 1.76. The highest BCUT2D eigenvalue weighted by molar-refractivity contribution is 6.30. The number of amides is 1. The van der Waals surface area contributed by atoms with Crippen LogP contribution in [0.1, 0.15) is 30.6 Å². The molecule has 0 spiro atoms. The van der Waals surface area contributed by atoms with Crippen LogP contribution in [0.5, 0.6) is 0 Å². The van der Waals surface area contributed by atoms with Crippen LogP contribution in [-0.2, 0) is 0 Å². The third kappa shape index (κ3) is 4.46. The number of halogens is 1. The number of nitrogen functional groups attached to an aromatic ring is 1. The molecule has 1 amide bonds. The molecule has 0 saturated carbocycles. The molecule has 1 aromatic carbocycles. The molecule has 0 bridgehead atoms. The first-order valence-corrected chi connectivity index (χ1v) is 7.58. The predicted octanol–water partition coefficient (Wildman–Crippen LogP) is 2.68. The van der Waals surface area contributed by atoms with E-state index in [1.807, 2.05) is 6.92 Å². The Bertz CT molecular complexity index is 693. The molecule has 1 atom stereocenters. The highest BCUT2D eigenvalue weighted by Gasteiger charge is 2.11. The Labute approximate surface area is 139 Å². The van der Waals surface area contributed by atoms with Gasteiger partial charge in [-0.3, -0.25) is 15.6 Å². The number of carbonyl (C=O) groups excluding carboxylic acids is 1. The van der Waals surface area contributed by atoms with E-state index >= 15 is 0 Å². The van der Waals surface area contributed by atoms with Crippen molar-refractivity contribution in [2.45, 2.75) is 26.3 Å². The van der Waals surface area contributed by atoms with Crippen LogP contribution < -0.4 is 21.9 Å². The van der Waals surface area contributed by atoms with Crippen LogP contribution in [0.4, 0.5) is 17.3 Å². The van der Waals surface area contributed by atoms with Crippen molar-refractivity contribution in [2.24, 2.45) is 0 Å². The van der Waals surface area contributed by atoms with Gasteiger partial charge in [0.1, 0.15) is 12.0 Å². The normalized spacial score (nSPS) is 11.6. The van der Waals surface area contributed by atoms with Crippen LogP contribution in [0.3, 0.4) is 0 Å². The third-order valence-electron chi connectivity index (χ3n) is 3.26. The zero-order valence-corrected chi connectivity index (χ0v) is 13.7. The van der Waals surface area contributed by atoms with E-state index in [1.54, 1.807) is 24.3 Å². The summed E-state index contributed by atoms with van der Waals surface area (Å²) in [6.45, 7) is 4.08. The van der Waals surface area contributed by atoms with E-state index in [0.29, 0.717) is 27.9 Å². The lowest BCUT2D eigenvalue weighted by atomic mass is 10.2. The fourth-order valence-corrected chi connectivity index (χ4v) is 1.95. The minimum absolute atomic E-state index is 0.223. The molecule has 1 heterocycles. The lowest BCUT2D eigenvalue weighted by Crippen LogP contribution is -2.30. The molecule has 1 aromatic heterocycles. The summed E-state index contributed by atoms with van der Waals surface area (Å²) in [5, 5.41) is 3.67. The third-order valence-corrected chi connectivity index (χ3v) is 3.50. The van der Waals surface area contributed by atoms with Crippen LogP contribution >= 0.6 is 11.6 Å². The van der Waals surface area contributed by atoms with E-state index in [-0.39, 0.29) is 11.9 Å². The van der Waals surface area contributed by atoms with Gasteiger partial charge in [-0.15, -0.1) is 0 Å². The molecule has 0 radical (unpaired) electrons. The number of nitrogens with zero attached hydrogens (tertiary/aromatic N) is 2. The largest absolute Gasteiger partial charge is 0.393 e. The zero-order chi connectivity index (χ0) is 16.8. The number of nitrogens with one attached hydrogen (secondary N) is 3. The van der Waals surface area contributed by atoms with E-state index in [0.717, 1.165) is 6.42 Å². The van der Waals surface area contributed by atoms with Gasteiger partial charge >= 0.3 is 0 Å². The number of benzene rings is 1. The van der Waals surface area contributed by atoms with Gasteiger partial charge in [0, 0.05) is 16.6 Å². The summed E-state index contributed by atoms with van der Waals surface area (Å²) < 4.78 is 0. The second kappa shape index (κ2) is 7.64. The molecular formula is C15H19ClN6O. The first-order valence-electron chi connectivity index (χ1n) is 7.20. The minimum atomic E-state index is -0.345. The molecule has 0 aliphatic rings. The fraction of sp³-hybridized carbons (Fsp3) is 0.267. The molecule has 122 valence electrons. The predicted molar refractivity (Wildman–Crippen MR) is 92.4 cm³/mol. The summed E-state index contributed by atoms with van der Waals surface area (Å²) in [5.41, 5.74) is 12.0. The Morgan fingerprint density at radius 2 is 2.09 bits per heavy atom. The maximum absolute atomic E-state index is 12.1. The van der Waals surface area contributed by atoms with Crippen LogP contribution in [0.2, 0.25) is 5.02 Å². The van der Waals surface area contributed by atoms with E-state index in [1.165, 1.54) is 6.33 Å². The van der Waals surface area contributed by atoms with Crippen molar-refractivity contribution in [1.82, 2.24) is 15.4 Å². The number of hydrogen-bond donors (Lipinski definition) is 4. The van der Waals surface area contributed by atoms with Gasteiger partial charge in [0.05, 0.1) is 0 Å². The summed E-state index contributed by atoms with van der Waals surface area (Å²) in [5.74, 6) is 0.497. The Balaban J connectivity index is 2.06. The number of rotatable bonds is 6. The highest BCUT2D eigenvalue weighted by atomic mass is 35.5. The minimum Gasteiger partial charge on any atom is -0.393 e. The molecule has 2 rings (SSSR count). The van der Waals surface area contributed by atoms with Crippen LogP contribution in [0, 0.1) is 0 Å². The van der Waals surface area contributed by atoms with Gasteiger partial charge in [-0.05, 0) is 31.5 Å². The zero-order valence-electron chi connectivity index (χ0n) is 12.9. The van der Waals surface area contributed by atoms with Crippen LogP contribution in [0.15, 0.2) is 30.6 Å². The van der Waals surface area contributed by atoms with E-state index in [2.05, 4.69) is 33.1 Å². The average molecular weight is 335 g/mol. The molecule has 0 aliphatic carbocycles. The summed E-state index contributed by atoms with van der Waals surface area (Å²) in [4.78, 5) is 20.2. The van der Waals surface area contributed by atoms with Gasteiger partial charge in [0.15, 0.2) is 11.6 Å². The lowest BCUT2D eigenvalue weighted by molar-refractivity contribution is 0.0962. The molecule has 1 unspecified atom stereocenters. The van der Waals surface area contributed by atoms with Crippen LogP contribution in [0.25, 0.3) is 0 Å². The maximum atomic E-state index is 12.1. The van der Waals surface area contributed by atoms with Crippen molar-refractivity contribution in [2.75, 3.05) is 16.5 Å². The molecule has 8 heteroatoms. The summed E-state index contributed by atoms with van der Waals surface area (Å²) in [6.07, 6.45) is 2.30. The van der Waals surface area contributed by atoms with Gasteiger partial charge < -0.3 is 11.1 Å². The Morgan fingerprint density at radius 3 is 2.78 bits per heavy atom. The molecule has 0 aliphatic heterocycles. The summed E-state index contributed by atoms with van der Waals surface area (Å²) in [7, 11) is 0. The maximum Gasteiger partial charge on any atom is 0.269 e. The van der Waals surface area contributed by atoms with Gasteiger partial charge in [0.2, 0.25) is 0 Å². The second-order valence-corrected chi connectivity index (χ2v) is 5.46. The van der Waals surface area contributed by atoms with E-state index < -0.39 is 0 Å². The van der Waals surface area contributed by atoms with Gasteiger partial charge in [0.25, 0.3) is 5.91 Å². The first kappa shape index (κ1) is 16.8. The Kier molecular flexibility index (Phi) is 5.59. The number of anilines is 3. The summed E-state index contributed by atoms with van der Waals surface area (Å²) >= 11 is 5.86. The summed E-state index contributed by atoms with van der Waals surface area (Å²) in [6, 6.07) is 6.84. The topological polar surface area (TPSA) is 105 Å². The van der Waals surface area contributed by atoms with Gasteiger partial charge in [-0.25, -0.2) is 9.97 Å². The van der Waals surface area contributed by atoms with E-state index in [4.69, 9.17) is 17.3 Å². The van der Waals surface area contributed by atoms with Crippen molar-refractivity contribution < 1.29 is 4.79 Å². The monoisotopic (exact) mass is 334 g/mol. The quantitative estimate of drug-likeness (QED) is 0.605. The average Bonchev–Trinajstić information content (AvgIpc) is 2.55. The SMILES string of the molecule is CCC(C)Nc1ncnc(NNC(=O)c2cccc(Cl)c2)c1N. The molecule has 23 heavy (non-hydrogen) atoms. The number of aromatic nitrogens is 2. The molecule has 0 fully saturated rings. The molecule has 7 nitrogen and oxygen atoms in total. The van der Waals surface area contributed by atoms with E-state index in [9.17, 15) is 4.79 Å². The highest BCUT2D eigenvalue weighted by Crippen LogP contribution is 2.22. The lowest BCUT2D eigenvalue weighted by Gasteiger charge is -2.16. The Morgan fingerprint density at radius 1 is 1.35 bits per heavy atom. The van der Waals surface area contributed by atoms with Gasteiger partial charge in [-0.1, -0.05) is 24.6 Å². The van der Waals surface area contributed by atoms with Crippen molar-refractivity contribution in [3.8, 4) is 0 Å². The van der Waals surface area contributed by atoms with Crippen molar-refractivity contribution in [3.05, 3.63) is 41.2 Å².